The molecule has 4 aromatic rings. The molecule has 0 saturated carbocycles. The first kappa shape index (κ1) is 82.4. The number of rotatable bonds is 61. The number of carbonyl (C=O) groups is 7. The Morgan fingerprint density at radius 2 is 0.557 bits per heavy atom. The first-order valence-electron chi connectivity index (χ1n) is 35.8. The minimum atomic E-state index is -0.958. The fraction of sp³-hybridized carbons (Fsp3) is 0.597. The van der Waals surface area contributed by atoms with Crippen LogP contribution in [0.15, 0.2) is 121 Å². The molecule has 0 heterocycles. The van der Waals surface area contributed by atoms with E-state index < -0.39 is 11.7 Å². The van der Waals surface area contributed by atoms with Crippen molar-refractivity contribution < 1.29 is 76.6 Å². The zero-order valence-electron chi connectivity index (χ0n) is 57.8. The van der Waals surface area contributed by atoms with E-state index in [4.69, 9.17) is 37.9 Å². The summed E-state index contributed by atoms with van der Waals surface area (Å²) in [6, 6.07) is 38.5. The molecular formula is C77H114N4O16. The first-order valence-corrected chi connectivity index (χ1v) is 35.8. The van der Waals surface area contributed by atoms with Crippen LogP contribution in [0, 0.1) is 5.41 Å². The maximum Gasteiger partial charge on any atom is 0.306 e. The summed E-state index contributed by atoms with van der Waals surface area (Å²) in [6.45, 7) is 3.81. The normalized spacial score (nSPS) is 11.6. The van der Waals surface area contributed by atoms with Gasteiger partial charge in [-0.25, -0.2) is 0 Å². The van der Waals surface area contributed by atoms with E-state index in [-0.39, 0.29) is 140 Å². The number of carbonyl (C=O) groups excluding carboxylic acids is 7. The molecule has 20 heteroatoms. The molecule has 20 nitrogen and oxygen atoms in total. The Morgan fingerprint density at radius 1 is 0.309 bits per heavy atom. The highest BCUT2D eigenvalue weighted by molar-refractivity contribution is 5.77. The topological polar surface area (TPSA) is 262 Å². The molecule has 0 aliphatic carbocycles. The Kier molecular flexibility index (Phi) is 47.4. The van der Waals surface area contributed by atoms with Crippen LogP contribution in [-0.4, -0.2) is 132 Å². The zero-order chi connectivity index (χ0) is 69.2. The van der Waals surface area contributed by atoms with E-state index in [1.165, 1.54) is 0 Å². The molecule has 4 aromatic carbocycles. The predicted octanol–water partition coefficient (Wildman–Crippen LogP) is 12.2. The van der Waals surface area contributed by atoms with Crippen LogP contribution in [0.25, 0.3) is 0 Å². The summed E-state index contributed by atoms with van der Waals surface area (Å²) >= 11 is 0. The Bertz CT molecular complexity index is 2450. The molecule has 0 aromatic heterocycles. The van der Waals surface area contributed by atoms with Crippen LogP contribution in [0.3, 0.4) is 0 Å². The van der Waals surface area contributed by atoms with Gasteiger partial charge in [0.1, 0.15) is 19.8 Å². The molecule has 0 spiro atoms. The van der Waals surface area contributed by atoms with Crippen molar-refractivity contribution >= 4 is 41.5 Å². The maximum atomic E-state index is 13.0. The van der Waals surface area contributed by atoms with E-state index in [9.17, 15) is 38.7 Å². The van der Waals surface area contributed by atoms with E-state index >= 15 is 0 Å². The van der Waals surface area contributed by atoms with Gasteiger partial charge < -0.3 is 64.3 Å². The molecule has 5 N–H and O–H groups in total. The molecule has 97 heavy (non-hydrogen) atoms. The molecule has 0 fully saturated rings. The lowest BCUT2D eigenvalue weighted by molar-refractivity contribution is -0.146. The third-order valence-corrected chi connectivity index (χ3v) is 16.1. The second-order valence-corrected chi connectivity index (χ2v) is 24.9. The van der Waals surface area contributed by atoms with Crippen LogP contribution in [0.4, 0.5) is 0 Å². The van der Waals surface area contributed by atoms with Crippen molar-refractivity contribution in [2.24, 2.45) is 5.41 Å². The third-order valence-electron chi connectivity index (χ3n) is 16.1. The summed E-state index contributed by atoms with van der Waals surface area (Å²) in [6.07, 6.45) is 18.6. The monoisotopic (exact) mass is 1350 g/mol. The summed E-state index contributed by atoms with van der Waals surface area (Å²) in [7, 11) is 0. The number of benzene rings is 4. The van der Waals surface area contributed by atoms with Gasteiger partial charge in [0.2, 0.25) is 23.6 Å². The van der Waals surface area contributed by atoms with Crippen LogP contribution in [-0.2, 0) is 97.9 Å². The molecule has 0 radical (unpaired) electrons. The fourth-order valence-electron chi connectivity index (χ4n) is 10.4. The second-order valence-electron chi connectivity index (χ2n) is 24.9. The molecule has 538 valence electrons. The van der Waals surface area contributed by atoms with Crippen LogP contribution in [0.5, 0.6) is 0 Å². The summed E-state index contributed by atoms with van der Waals surface area (Å²) in [5.74, 6) is -1.25. The average Bonchev–Trinajstić information content (AvgIpc) is 1.62. The lowest BCUT2D eigenvalue weighted by Crippen LogP contribution is -2.43. The number of ether oxygens (including phenoxy) is 8. The molecule has 4 rings (SSSR count). The lowest BCUT2D eigenvalue weighted by atomic mass is 9.92. The lowest BCUT2D eigenvalue weighted by Gasteiger charge is -2.33. The van der Waals surface area contributed by atoms with Crippen molar-refractivity contribution in [3.63, 3.8) is 0 Å². The van der Waals surface area contributed by atoms with Crippen LogP contribution in [0.1, 0.15) is 202 Å². The summed E-state index contributed by atoms with van der Waals surface area (Å²) < 4.78 is 46.6. The molecule has 0 aliphatic rings. The Hall–Kier alpha value is -7.07. The van der Waals surface area contributed by atoms with Crippen LogP contribution in [0.2, 0.25) is 0 Å². The van der Waals surface area contributed by atoms with Crippen molar-refractivity contribution in [3.8, 4) is 0 Å². The summed E-state index contributed by atoms with van der Waals surface area (Å²) in [4.78, 5) is 88.6. The highest BCUT2D eigenvalue weighted by atomic mass is 16.6. The van der Waals surface area contributed by atoms with Gasteiger partial charge in [-0.05, 0) is 80.0 Å². The van der Waals surface area contributed by atoms with E-state index in [1.54, 1.807) is 0 Å². The number of unbranched alkanes of at least 4 members (excludes halogenated alkanes) is 16. The third kappa shape index (κ3) is 46.0. The van der Waals surface area contributed by atoms with Crippen molar-refractivity contribution in [1.29, 1.82) is 0 Å². The average molecular weight is 1350 g/mol. The number of nitrogens with one attached hydrogen (secondary N) is 4. The minimum Gasteiger partial charge on any atom is -0.461 e. The molecular weight excluding hydrogens is 1240 g/mol. The van der Waals surface area contributed by atoms with Crippen LogP contribution >= 0.6 is 0 Å². The Morgan fingerprint density at radius 3 is 0.845 bits per heavy atom. The van der Waals surface area contributed by atoms with E-state index in [0.29, 0.717) is 58.5 Å². The number of hydrogen-bond acceptors (Lipinski definition) is 16. The molecule has 1 unspecified atom stereocenters. The quantitative estimate of drug-likeness (QED) is 0.0119. The Labute approximate surface area is 577 Å². The minimum absolute atomic E-state index is 0.0497. The zero-order valence-corrected chi connectivity index (χ0v) is 57.8. The van der Waals surface area contributed by atoms with Gasteiger partial charge in [0.05, 0.1) is 64.9 Å². The van der Waals surface area contributed by atoms with Gasteiger partial charge in [0.25, 0.3) is 0 Å². The second kappa shape index (κ2) is 55.9. The summed E-state index contributed by atoms with van der Waals surface area (Å²) in [5, 5.41) is 22.2. The van der Waals surface area contributed by atoms with E-state index in [1.807, 2.05) is 121 Å². The van der Waals surface area contributed by atoms with Gasteiger partial charge in [-0.15, -0.1) is 0 Å². The number of amides is 4. The van der Waals surface area contributed by atoms with Gasteiger partial charge >= 0.3 is 17.9 Å². The SMILES string of the molecule is O=C(CCOCC(COCCC(=O)NCCCCCCCC(=O)OCc1ccccc1)(COCCC(=O)NCCCCCCCC(=O)OCc1ccccc1)COCCC(=O)NCCCCCCCC(O)OCc1ccccc1)NCCCCCCCC(=O)OCc1ccccc1. The van der Waals surface area contributed by atoms with Crippen molar-refractivity contribution in [1.82, 2.24) is 21.3 Å². The van der Waals surface area contributed by atoms with Crippen molar-refractivity contribution in [2.45, 2.75) is 213 Å². The number of hydrogen-bond donors (Lipinski definition) is 5. The van der Waals surface area contributed by atoms with Gasteiger partial charge in [0.15, 0.2) is 6.29 Å². The number of esters is 3. The van der Waals surface area contributed by atoms with E-state index in [2.05, 4.69) is 21.3 Å². The van der Waals surface area contributed by atoms with Gasteiger partial charge in [-0.3, -0.25) is 33.6 Å². The smallest absolute Gasteiger partial charge is 0.306 e. The highest BCUT2D eigenvalue weighted by Gasteiger charge is 2.33. The fourth-order valence-corrected chi connectivity index (χ4v) is 10.4. The molecule has 0 saturated heterocycles. The summed E-state index contributed by atoms with van der Waals surface area (Å²) in [5.41, 5.74) is 2.92. The van der Waals surface area contributed by atoms with E-state index in [0.717, 1.165) is 151 Å². The first-order chi connectivity index (χ1) is 47.5. The predicted molar refractivity (Wildman–Crippen MR) is 373 cm³/mol. The molecule has 0 bridgehead atoms. The Balaban J connectivity index is 1.22. The molecule has 4 amide bonds. The van der Waals surface area contributed by atoms with Gasteiger partial charge in [0, 0.05) is 71.1 Å². The van der Waals surface area contributed by atoms with Crippen LogP contribution < -0.4 is 21.3 Å². The van der Waals surface area contributed by atoms with Gasteiger partial charge in [-0.1, -0.05) is 198 Å². The van der Waals surface area contributed by atoms with Gasteiger partial charge in [-0.2, -0.15) is 0 Å². The number of aliphatic hydroxyl groups is 1. The molecule has 1 atom stereocenters. The standard InChI is InChI=1S/C77H114N4O16/c82-69(78-49-29-9-1-5-25-41-73(86)94-57-65-33-17-13-18-34-65)45-53-90-61-77(62-91-54-46-70(83)79-50-30-10-2-6-26-42-74(87)95-58-66-35-19-14-20-36-66,63-92-55-47-71(84)80-51-31-11-3-7-27-43-75(88)96-59-67-37-21-15-22-38-67)64-93-56-48-72(85)81-52-32-12-4-8-28-44-76(89)97-60-68-39-23-16-24-40-68/h13-24,33-40,73,86H,1-12,25-32,41-64H2,(H,78,82)(H,79,83)(H,80,84)(H,81,85). The highest BCUT2D eigenvalue weighted by Crippen LogP contribution is 2.22. The maximum absolute atomic E-state index is 13.0. The van der Waals surface area contributed by atoms with Crippen molar-refractivity contribution in [3.05, 3.63) is 144 Å². The molecule has 0 aliphatic heterocycles. The number of aliphatic hydroxyl groups excluding tert-OH is 1. The van der Waals surface area contributed by atoms with Crippen molar-refractivity contribution in [2.75, 3.05) is 79.0 Å². The largest absolute Gasteiger partial charge is 0.461 e.